The molecule has 1 atom stereocenters. The number of hydrogen-bond donors (Lipinski definition) is 2. The van der Waals surface area contributed by atoms with Gasteiger partial charge in [-0.25, -0.2) is 0 Å². The van der Waals surface area contributed by atoms with Gasteiger partial charge in [0, 0.05) is 31.7 Å². The molecule has 2 aromatic carbocycles. The Labute approximate surface area is 221 Å². The highest BCUT2D eigenvalue weighted by Crippen LogP contribution is 2.40. The second-order valence-corrected chi connectivity index (χ2v) is 9.31. The lowest BCUT2D eigenvalue weighted by molar-refractivity contribution is -0.140. The van der Waals surface area contributed by atoms with Crippen molar-refractivity contribution in [3.05, 3.63) is 64.7 Å². The molecule has 0 spiro atoms. The Bertz CT molecular complexity index is 1220. The highest BCUT2D eigenvalue weighted by Gasteiger charge is 2.45. The van der Waals surface area contributed by atoms with Crippen LogP contribution < -0.4 is 15.2 Å². The van der Waals surface area contributed by atoms with Crippen LogP contribution in [0.25, 0.3) is 5.76 Å². The number of likely N-dealkylation sites (tertiary alicyclic amines) is 1. The van der Waals surface area contributed by atoms with Crippen molar-refractivity contribution in [2.75, 3.05) is 53.1 Å². The molecule has 2 fully saturated rings. The summed E-state index contributed by atoms with van der Waals surface area (Å²) in [5, 5.41) is 11.3. The Balaban J connectivity index is 1.67. The van der Waals surface area contributed by atoms with Gasteiger partial charge in [-0.1, -0.05) is 12.1 Å². The topological polar surface area (TPSA) is 132 Å². The minimum absolute atomic E-state index is 0.0248. The summed E-state index contributed by atoms with van der Waals surface area (Å²) in [6, 6.07) is 11.0. The van der Waals surface area contributed by atoms with E-state index in [1.807, 2.05) is 6.92 Å². The van der Waals surface area contributed by atoms with Crippen molar-refractivity contribution in [2.24, 2.45) is 5.73 Å². The molecule has 2 heterocycles. The van der Waals surface area contributed by atoms with Gasteiger partial charge in [0.2, 0.25) is 0 Å². The summed E-state index contributed by atoms with van der Waals surface area (Å²) in [5.41, 5.74) is 7.01. The molecule has 2 aliphatic heterocycles. The van der Waals surface area contributed by atoms with Gasteiger partial charge in [-0.2, -0.15) is 0 Å². The number of carbonyl (C=O) groups is 3. The van der Waals surface area contributed by atoms with Crippen molar-refractivity contribution in [2.45, 2.75) is 19.4 Å². The van der Waals surface area contributed by atoms with Crippen LogP contribution in [0.4, 0.5) is 0 Å². The van der Waals surface area contributed by atoms with E-state index in [0.29, 0.717) is 48.8 Å². The number of rotatable bonds is 10. The van der Waals surface area contributed by atoms with E-state index in [0.717, 1.165) is 25.2 Å². The first-order valence-electron chi connectivity index (χ1n) is 12.5. The first kappa shape index (κ1) is 27.2. The summed E-state index contributed by atoms with van der Waals surface area (Å²) in [6.07, 6.45) is 0.658. The lowest BCUT2D eigenvalue weighted by Crippen LogP contribution is -2.38. The van der Waals surface area contributed by atoms with Crippen molar-refractivity contribution >= 4 is 23.4 Å². The third-order valence-corrected chi connectivity index (χ3v) is 6.76. The predicted octanol–water partition coefficient (Wildman–Crippen LogP) is 2.01. The Morgan fingerprint density at radius 2 is 1.82 bits per heavy atom. The average molecular weight is 524 g/mol. The molecule has 0 aromatic heterocycles. The minimum atomic E-state index is -0.785. The molecule has 0 saturated carbocycles. The fraction of sp³-hybridized carbons (Fsp3) is 0.393. The van der Waals surface area contributed by atoms with Gasteiger partial charge >= 0.3 is 0 Å². The van der Waals surface area contributed by atoms with Crippen molar-refractivity contribution in [3.63, 3.8) is 0 Å². The van der Waals surface area contributed by atoms with Gasteiger partial charge in [-0.05, 0) is 54.8 Å². The van der Waals surface area contributed by atoms with E-state index >= 15 is 0 Å². The maximum atomic E-state index is 13.3. The molecule has 10 nitrogen and oxygen atoms in total. The highest BCUT2D eigenvalue weighted by atomic mass is 16.5. The van der Waals surface area contributed by atoms with Gasteiger partial charge in [0.15, 0.2) is 6.61 Å². The fourth-order valence-electron chi connectivity index (χ4n) is 4.83. The molecule has 1 unspecified atom stereocenters. The van der Waals surface area contributed by atoms with Gasteiger partial charge in [0.05, 0.1) is 31.9 Å². The van der Waals surface area contributed by atoms with Gasteiger partial charge in [-0.15, -0.1) is 0 Å². The summed E-state index contributed by atoms with van der Waals surface area (Å²) >= 11 is 0. The highest BCUT2D eigenvalue weighted by molar-refractivity contribution is 6.46. The van der Waals surface area contributed by atoms with Crippen LogP contribution in [-0.2, 0) is 19.1 Å². The van der Waals surface area contributed by atoms with Gasteiger partial charge in [-0.3, -0.25) is 19.3 Å². The molecule has 38 heavy (non-hydrogen) atoms. The van der Waals surface area contributed by atoms with E-state index < -0.39 is 23.6 Å². The second-order valence-electron chi connectivity index (χ2n) is 9.31. The molecular weight excluding hydrogens is 490 g/mol. The number of aliphatic hydroxyl groups excluding tert-OH is 1. The molecule has 10 heteroatoms. The summed E-state index contributed by atoms with van der Waals surface area (Å²) in [6.45, 7) is 5.67. The Kier molecular flexibility index (Phi) is 8.65. The Hall–Kier alpha value is -3.89. The molecule has 2 amide bonds. The average Bonchev–Trinajstić information content (AvgIpc) is 3.17. The standard InChI is InChI=1S/C28H33N3O7/c1-18-16-20(6-9-22(18)36-2)26(33)24-25(19-4-7-21(8-5-19)38-17-23(29)32)31(28(35)27(24)34)11-3-10-30-12-14-37-15-13-30/h4-9,16,25,33H,3,10-15,17H2,1-2H3,(H2,29,32)/b26-24+. The molecule has 2 aliphatic rings. The van der Waals surface area contributed by atoms with Crippen LogP contribution in [0.2, 0.25) is 0 Å². The number of benzene rings is 2. The number of amides is 2. The zero-order valence-electron chi connectivity index (χ0n) is 21.6. The number of ketones is 1. The van der Waals surface area contributed by atoms with Crippen LogP contribution in [0, 0.1) is 6.92 Å². The number of aliphatic hydroxyl groups is 1. The Morgan fingerprint density at radius 1 is 1.11 bits per heavy atom. The van der Waals surface area contributed by atoms with Crippen molar-refractivity contribution < 1.29 is 33.7 Å². The summed E-state index contributed by atoms with van der Waals surface area (Å²) in [4.78, 5) is 41.4. The zero-order valence-corrected chi connectivity index (χ0v) is 21.6. The first-order chi connectivity index (χ1) is 18.3. The molecule has 2 aromatic rings. The summed E-state index contributed by atoms with van der Waals surface area (Å²) in [7, 11) is 1.56. The van der Waals surface area contributed by atoms with Crippen LogP contribution in [0.15, 0.2) is 48.0 Å². The van der Waals surface area contributed by atoms with E-state index in [1.54, 1.807) is 49.6 Å². The van der Waals surface area contributed by atoms with E-state index in [2.05, 4.69) is 4.90 Å². The molecule has 3 N–H and O–H groups in total. The fourth-order valence-corrected chi connectivity index (χ4v) is 4.83. The lowest BCUT2D eigenvalue weighted by Gasteiger charge is -2.29. The number of primary amides is 1. The zero-order chi connectivity index (χ0) is 27.2. The summed E-state index contributed by atoms with van der Waals surface area (Å²) < 4.78 is 16.1. The molecule has 0 bridgehead atoms. The molecular formula is C28H33N3O7. The molecule has 202 valence electrons. The number of hydrogen-bond acceptors (Lipinski definition) is 8. The number of Topliss-reactive ketones (excluding diaryl/α,β-unsaturated/α-hetero) is 1. The van der Waals surface area contributed by atoms with Crippen LogP contribution in [0.1, 0.15) is 29.2 Å². The molecule has 0 aliphatic carbocycles. The normalized spacial score (nSPS) is 19.5. The minimum Gasteiger partial charge on any atom is -0.507 e. The van der Waals surface area contributed by atoms with Gasteiger partial charge in [0.1, 0.15) is 17.3 Å². The second kappa shape index (κ2) is 12.1. The summed E-state index contributed by atoms with van der Waals surface area (Å²) in [5.74, 6) is -1.17. The monoisotopic (exact) mass is 523 g/mol. The van der Waals surface area contributed by atoms with Crippen molar-refractivity contribution in [3.8, 4) is 11.5 Å². The smallest absolute Gasteiger partial charge is 0.295 e. The van der Waals surface area contributed by atoms with E-state index in [1.165, 1.54) is 4.90 Å². The van der Waals surface area contributed by atoms with Crippen LogP contribution in [0.5, 0.6) is 11.5 Å². The predicted molar refractivity (Wildman–Crippen MR) is 140 cm³/mol. The number of nitrogens with two attached hydrogens (primary N) is 1. The number of aryl methyl sites for hydroxylation is 1. The van der Waals surface area contributed by atoms with Gasteiger partial charge < -0.3 is 30.0 Å². The van der Waals surface area contributed by atoms with Crippen LogP contribution in [-0.4, -0.2) is 85.6 Å². The first-order valence-corrected chi connectivity index (χ1v) is 12.5. The van der Waals surface area contributed by atoms with Crippen LogP contribution in [0.3, 0.4) is 0 Å². The third-order valence-electron chi connectivity index (χ3n) is 6.76. The number of methoxy groups -OCH3 is 1. The largest absolute Gasteiger partial charge is 0.507 e. The maximum Gasteiger partial charge on any atom is 0.295 e. The van der Waals surface area contributed by atoms with Gasteiger partial charge in [0.25, 0.3) is 17.6 Å². The molecule has 0 radical (unpaired) electrons. The number of nitrogens with zero attached hydrogens (tertiary/aromatic N) is 2. The third kappa shape index (κ3) is 5.98. The number of carbonyl (C=O) groups excluding carboxylic acids is 3. The van der Waals surface area contributed by atoms with E-state index in [-0.39, 0.29) is 17.9 Å². The van der Waals surface area contributed by atoms with E-state index in [4.69, 9.17) is 19.9 Å². The van der Waals surface area contributed by atoms with Crippen LogP contribution >= 0.6 is 0 Å². The molecule has 4 rings (SSSR count). The lowest BCUT2D eigenvalue weighted by atomic mass is 9.94. The Morgan fingerprint density at radius 3 is 2.45 bits per heavy atom. The maximum absolute atomic E-state index is 13.3. The number of ether oxygens (including phenoxy) is 3. The van der Waals surface area contributed by atoms with Crippen molar-refractivity contribution in [1.29, 1.82) is 0 Å². The number of morpholine rings is 1. The SMILES string of the molecule is COc1ccc(/C(O)=C2\C(=O)C(=O)N(CCCN3CCOCC3)C2c2ccc(OCC(N)=O)cc2)cc1C. The molecule has 2 saturated heterocycles. The quantitative estimate of drug-likeness (QED) is 0.275. The van der Waals surface area contributed by atoms with Crippen molar-refractivity contribution in [1.82, 2.24) is 9.80 Å². The van der Waals surface area contributed by atoms with E-state index in [9.17, 15) is 19.5 Å².